The fourth-order valence-electron chi connectivity index (χ4n) is 2.96. The fourth-order valence-corrected chi connectivity index (χ4v) is 2.96. The van der Waals surface area contributed by atoms with Gasteiger partial charge in [-0.25, -0.2) is 8.78 Å². The van der Waals surface area contributed by atoms with E-state index in [4.69, 9.17) is 10.5 Å². The van der Waals surface area contributed by atoms with Crippen molar-refractivity contribution in [2.75, 3.05) is 19.6 Å². The van der Waals surface area contributed by atoms with Crippen LogP contribution in [0.2, 0.25) is 0 Å². The van der Waals surface area contributed by atoms with Gasteiger partial charge in [0.25, 0.3) is 0 Å². The van der Waals surface area contributed by atoms with E-state index in [-0.39, 0.29) is 11.8 Å². The van der Waals surface area contributed by atoms with Crippen molar-refractivity contribution in [3.8, 4) is 12.1 Å². The fraction of sp³-hybridized carbons (Fsp3) is 0.529. The second-order valence-corrected chi connectivity index (χ2v) is 5.77. The second kappa shape index (κ2) is 7.87. The molecule has 5 heteroatoms. The summed E-state index contributed by atoms with van der Waals surface area (Å²) >= 11 is 0. The van der Waals surface area contributed by atoms with Crippen LogP contribution in [0, 0.1) is 40.2 Å². The lowest BCUT2D eigenvalue weighted by Gasteiger charge is -2.33. The van der Waals surface area contributed by atoms with Gasteiger partial charge in [-0.05, 0) is 56.0 Å². The highest BCUT2D eigenvalue weighted by Crippen LogP contribution is 2.29. The molecule has 1 aromatic carbocycles. The Morgan fingerprint density at radius 1 is 1.18 bits per heavy atom. The molecular formula is C17H19F2N3. The van der Waals surface area contributed by atoms with E-state index < -0.39 is 11.6 Å². The van der Waals surface area contributed by atoms with Gasteiger partial charge in [0.1, 0.15) is 0 Å². The first-order chi connectivity index (χ1) is 10.6. The average molecular weight is 303 g/mol. The summed E-state index contributed by atoms with van der Waals surface area (Å²) in [6.07, 6.45) is 2.77. The van der Waals surface area contributed by atoms with Crippen LogP contribution in [0.3, 0.4) is 0 Å². The molecule has 22 heavy (non-hydrogen) atoms. The molecule has 0 radical (unpaired) electrons. The molecule has 0 aromatic heterocycles. The third-order valence-corrected chi connectivity index (χ3v) is 4.27. The van der Waals surface area contributed by atoms with Crippen molar-refractivity contribution in [3.63, 3.8) is 0 Å². The number of hydrogen-bond acceptors (Lipinski definition) is 3. The van der Waals surface area contributed by atoms with Gasteiger partial charge in [0.05, 0.1) is 18.1 Å². The van der Waals surface area contributed by atoms with Crippen LogP contribution in [0.1, 0.15) is 37.2 Å². The molecule has 116 valence electrons. The molecule has 1 fully saturated rings. The lowest BCUT2D eigenvalue weighted by molar-refractivity contribution is 0.193. The van der Waals surface area contributed by atoms with Gasteiger partial charge in [-0.1, -0.05) is 6.07 Å². The molecule has 1 saturated heterocycles. The standard InChI is InChI=1S/C17H19F2N3/c18-16-4-3-15(10-17(16)19)14-5-8-22(9-6-14)12-13(11-21)2-1-7-20/h3-4,10,13-14H,1-2,5-6,8-9,12H2/t13-/m1/s1. The highest BCUT2D eigenvalue weighted by molar-refractivity contribution is 5.22. The molecule has 0 spiro atoms. The van der Waals surface area contributed by atoms with E-state index in [9.17, 15) is 8.78 Å². The summed E-state index contributed by atoms with van der Waals surface area (Å²) in [6, 6.07) is 8.46. The monoisotopic (exact) mass is 303 g/mol. The predicted molar refractivity (Wildman–Crippen MR) is 78.7 cm³/mol. The van der Waals surface area contributed by atoms with Crippen LogP contribution < -0.4 is 0 Å². The Balaban J connectivity index is 1.86. The minimum Gasteiger partial charge on any atom is -0.302 e. The van der Waals surface area contributed by atoms with Crippen molar-refractivity contribution in [2.45, 2.75) is 31.6 Å². The highest BCUT2D eigenvalue weighted by Gasteiger charge is 2.23. The van der Waals surface area contributed by atoms with E-state index >= 15 is 0 Å². The zero-order valence-corrected chi connectivity index (χ0v) is 12.4. The smallest absolute Gasteiger partial charge is 0.159 e. The first kappa shape index (κ1) is 16.4. The summed E-state index contributed by atoms with van der Waals surface area (Å²) < 4.78 is 26.3. The van der Waals surface area contributed by atoms with Gasteiger partial charge in [0.2, 0.25) is 0 Å². The van der Waals surface area contributed by atoms with Gasteiger partial charge in [0, 0.05) is 13.0 Å². The van der Waals surface area contributed by atoms with Gasteiger partial charge in [-0.15, -0.1) is 0 Å². The average Bonchev–Trinajstić information content (AvgIpc) is 2.54. The predicted octanol–water partition coefficient (Wildman–Crippen LogP) is 3.59. The maximum Gasteiger partial charge on any atom is 0.159 e. The van der Waals surface area contributed by atoms with Gasteiger partial charge >= 0.3 is 0 Å². The summed E-state index contributed by atoms with van der Waals surface area (Å²) in [6.45, 7) is 2.37. The minimum absolute atomic E-state index is 0.112. The Labute approximate surface area is 129 Å². The van der Waals surface area contributed by atoms with E-state index in [0.29, 0.717) is 19.4 Å². The quantitative estimate of drug-likeness (QED) is 0.835. The maximum atomic E-state index is 13.3. The Morgan fingerprint density at radius 3 is 2.50 bits per heavy atom. The minimum atomic E-state index is -0.810. The first-order valence-corrected chi connectivity index (χ1v) is 7.58. The van der Waals surface area contributed by atoms with Crippen LogP contribution in [0.4, 0.5) is 8.78 Å². The van der Waals surface area contributed by atoms with Gasteiger partial charge < -0.3 is 4.90 Å². The number of likely N-dealkylation sites (tertiary alicyclic amines) is 1. The number of nitriles is 2. The topological polar surface area (TPSA) is 50.8 Å². The van der Waals surface area contributed by atoms with Crippen LogP contribution >= 0.6 is 0 Å². The number of halogens is 2. The molecule has 0 aliphatic carbocycles. The lowest BCUT2D eigenvalue weighted by Crippen LogP contribution is -2.36. The van der Waals surface area contributed by atoms with Crippen LogP contribution in [0.15, 0.2) is 18.2 Å². The van der Waals surface area contributed by atoms with Crippen molar-refractivity contribution in [1.29, 1.82) is 10.5 Å². The summed E-state index contributed by atoms with van der Waals surface area (Å²) in [7, 11) is 0. The van der Waals surface area contributed by atoms with E-state index in [1.165, 1.54) is 12.1 Å². The number of piperidine rings is 1. The Morgan fingerprint density at radius 2 is 1.91 bits per heavy atom. The third kappa shape index (κ3) is 4.26. The summed E-state index contributed by atoms with van der Waals surface area (Å²) in [5, 5.41) is 17.7. The molecule has 1 aromatic rings. The molecule has 0 saturated carbocycles. The lowest BCUT2D eigenvalue weighted by atomic mass is 9.89. The Hall–Kier alpha value is -1.98. The van der Waals surface area contributed by atoms with E-state index in [1.807, 2.05) is 0 Å². The highest BCUT2D eigenvalue weighted by atomic mass is 19.2. The SMILES string of the molecule is N#CCC[C@H](C#N)CN1CCC(c2ccc(F)c(F)c2)CC1. The van der Waals surface area contributed by atoms with Crippen molar-refractivity contribution in [2.24, 2.45) is 5.92 Å². The molecule has 0 N–H and O–H groups in total. The molecule has 1 aliphatic rings. The third-order valence-electron chi connectivity index (χ3n) is 4.27. The van der Waals surface area contributed by atoms with E-state index in [1.54, 1.807) is 6.07 Å². The van der Waals surface area contributed by atoms with Gasteiger partial charge in [-0.3, -0.25) is 0 Å². The van der Waals surface area contributed by atoms with Crippen molar-refractivity contribution >= 4 is 0 Å². The maximum absolute atomic E-state index is 13.3. The molecular weight excluding hydrogens is 284 g/mol. The molecule has 0 bridgehead atoms. The molecule has 1 atom stereocenters. The van der Waals surface area contributed by atoms with Crippen LogP contribution in [0.5, 0.6) is 0 Å². The molecule has 1 aliphatic heterocycles. The number of nitrogens with zero attached hydrogens (tertiary/aromatic N) is 3. The first-order valence-electron chi connectivity index (χ1n) is 7.58. The molecule has 0 amide bonds. The summed E-state index contributed by atoms with van der Waals surface area (Å²) in [5.74, 6) is -1.47. The summed E-state index contributed by atoms with van der Waals surface area (Å²) in [4.78, 5) is 2.22. The number of hydrogen-bond donors (Lipinski definition) is 0. The number of benzene rings is 1. The summed E-state index contributed by atoms with van der Waals surface area (Å²) in [5.41, 5.74) is 0.847. The van der Waals surface area contributed by atoms with Crippen molar-refractivity contribution < 1.29 is 8.78 Å². The van der Waals surface area contributed by atoms with Crippen molar-refractivity contribution in [1.82, 2.24) is 4.90 Å². The van der Waals surface area contributed by atoms with E-state index in [0.717, 1.165) is 31.5 Å². The number of rotatable bonds is 5. The Bertz CT molecular complexity index is 581. The second-order valence-electron chi connectivity index (χ2n) is 5.77. The molecule has 3 nitrogen and oxygen atoms in total. The van der Waals surface area contributed by atoms with Crippen LogP contribution in [0.25, 0.3) is 0 Å². The Kier molecular flexibility index (Phi) is 5.86. The normalized spacial score (nSPS) is 17.6. The largest absolute Gasteiger partial charge is 0.302 e. The van der Waals surface area contributed by atoms with Gasteiger partial charge in [-0.2, -0.15) is 10.5 Å². The van der Waals surface area contributed by atoms with Crippen LogP contribution in [-0.2, 0) is 0 Å². The molecule has 2 rings (SSSR count). The van der Waals surface area contributed by atoms with Gasteiger partial charge in [0.15, 0.2) is 11.6 Å². The van der Waals surface area contributed by atoms with Crippen LogP contribution in [-0.4, -0.2) is 24.5 Å². The van der Waals surface area contributed by atoms with Crippen molar-refractivity contribution in [3.05, 3.63) is 35.4 Å². The molecule has 1 heterocycles. The van der Waals surface area contributed by atoms with E-state index in [2.05, 4.69) is 17.0 Å². The molecule has 0 unspecified atom stereocenters. The zero-order valence-electron chi connectivity index (χ0n) is 12.4. The zero-order chi connectivity index (χ0) is 15.9.